The Hall–Kier alpha value is -2.70. The Kier molecular flexibility index (Phi) is 3.10. The molecule has 0 fully saturated rings. The summed E-state index contributed by atoms with van der Waals surface area (Å²) in [5.41, 5.74) is 5.84. The summed E-state index contributed by atoms with van der Waals surface area (Å²) in [5.74, 6) is 0.537. The van der Waals surface area contributed by atoms with E-state index in [4.69, 9.17) is 15.7 Å². The van der Waals surface area contributed by atoms with Gasteiger partial charge in [-0.05, 0) is 18.2 Å². The highest BCUT2D eigenvalue weighted by Gasteiger charge is 2.10. The summed E-state index contributed by atoms with van der Waals surface area (Å²) in [6, 6.07) is 4.96. The average molecular weight is 231 g/mol. The molecule has 0 aliphatic rings. The van der Waals surface area contributed by atoms with Gasteiger partial charge >= 0.3 is 0 Å². The van der Waals surface area contributed by atoms with Crippen molar-refractivity contribution in [2.24, 2.45) is 10.9 Å². The minimum atomic E-state index is -0.0983. The molecule has 7 heteroatoms. The molecule has 86 valence electrons. The monoisotopic (exact) mass is 231 g/mol. The fourth-order valence-corrected chi connectivity index (χ4v) is 1.16. The predicted octanol–water partition coefficient (Wildman–Crippen LogP) is 0.758. The van der Waals surface area contributed by atoms with Crippen LogP contribution in [-0.4, -0.2) is 26.2 Å². The van der Waals surface area contributed by atoms with Crippen molar-refractivity contribution in [1.29, 1.82) is 0 Å². The zero-order chi connectivity index (χ0) is 12.1. The predicted molar refractivity (Wildman–Crippen MR) is 58.9 cm³/mol. The summed E-state index contributed by atoms with van der Waals surface area (Å²) < 4.78 is 5.42. The van der Waals surface area contributed by atoms with Crippen molar-refractivity contribution < 1.29 is 9.94 Å². The van der Waals surface area contributed by atoms with Crippen molar-refractivity contribution in [3.8, 4) is 11.6 Å². The molecule has 2 aromatic heterocycles. The second-order valence-corrected chi connectivity index (χ2v) is 3.03. The first kappa shape index (κ1) is 10.8. The van der Waals surface area contributed by atoms with Crippen molar-refractivity contribution in [3.63, 3.8) is 0 Å². The van der Waals surface area contributed by atoms with Crippen molar-refractivity contribution in [3.05, 3.63) is 42.4 Å². The smallest absolute Gasteiger partial charge is 0.250 e. The van der Waals surface area contributed by atoms with Crippen molar-refractivity contribution in [1.82, 2.24) is 15.2 Å². The first-order valence-electron chi connectivity index (χ1n) is 4.68. The Morgan fingerprint density at radius 3 is 2.94 bits per heavy atom. The highest BCUT2D eigenvalue weighted by molar-refractivity contribution is 5.98. The summed E-state index contributed by atoms with van der Waals surface area (Å²) in [6.07, 6.45) is 4.56. The summed E-state index contributed by atoms with van der Waals surface area (Å²) in [5, 5.41) is 19.0. The van der Waals surface area contributed by atoms with E-state index in [9.17, 15) is 0 Å². The van der Waals surface area contributed by atoms with Crippen LogP contribution < -0.4 is 10.5 Å². The van der Waals surface area contributed by atoms with Gasteiger partial charge in [-0.15, -0.1) is 5.10 Å². The summed E-state index contributed by atoms with van der Waals surface area (Å²) in [7, 11) is 0. The normalized spacial score (nSPS) is 11.2. The number of nitrogens with zero attached hydrogens (tertiary/aromatic N) is 4. The number of amidine groups is 1. The van der Waals surface area contributed by atoms with E-state index < -0.39 is 0 Å². The third-order valence-electron chi connectivity index (χ3n) is 1.92. The Morgan fingerprint density at radius 2 is 2.24 bits per heavy atom. The Labute approximate surface area is 96.6 Å². The molecule has 0 radical (unpaired) electrons. The lowest BCUT2D eigenvalue weighted by Crippen LogP contribution is -2.15. The zero-order valence-electron chi connectivity index (χ0n) is 8.69. The number of rotatable bonds is 3. The number of nitrogens with two attached hydrogens (primary N) is 1. The summed E-state index contributed by atoms with van der Waals surface area (Å²) in [6.45, 7) is 0. The molecule has 0 bridgehead atoms. The van der Waals surface area contributed by atoms with Crippen LogP contribution in [0.15, 0.2) is 41.9 Å². The Morgan fingerprint density at radius 1 is 1.35 bits per heavy atom. The van der Waals surface area contributed by atoms with Gasteiger partial charge in [-0.3, -0.25) is 4.98 Å². The maximum absolute atomic E-state index is 8.63. The summed E-state index contributed by atoms with van der Waals surface area (Å²) >= 11 is 0. The van der Waals surface area contributed by atoms with Crippen LogP contribution in [0.2, 0.25) is 0 Å². The lowest BCUT2D eigenvalue weighted by molar-refractivity contribution is 0.318. The van der Waals surface area contributed by atoms with E-state index in [1.807, 2.05) is 0 Å². The van der Waals surface area contributed by atoms with E-state index in [0.717, 1.165) is 0 Å². The molecule has 0 aliphatic heterocycles. The zero-order valence-corrected chi connectivity index (χ0v) is 8.69. The van der Waals surface area contributed by atoms with Gasteiger partial charge in [0.1, 0.15) is 5.75 Å². The maximum Gasteiger partial charge on any atom is 0.250 e. The van der Waals surface area contributed by atoms with Crippen LogP contribution >= 0.6 is 0 Å². The van der Waals surface area contributed by atoms with E-state index in [2.05, 4.69) is 20.3 Å². The molecule has 0 aromatic carbocycles. The molecule has 17 heavy (non-hydrogen) atoms. The molecule has 0 aliphatic carbocycles. The third-order valence-corrected chi connectivity index (χ3v) is 1.92. The van der Waals surface area contributed by atoms with Gasteiger partial charge in [-0.25, -0.2) is 0 Å². The summed E-state index contributed by atoms with van der Waals surface area (Å²) in [4.78, 5) is 3.89. The first-order valence-corrected chi connectivity index (χ1v) is 4.68. The lowest BCUT2D eigenvalue weighted by Gasteiger charge is -2.06. The maximum atomic E-state index is 8.63. The molecule has 0 amide bonds. The van der Waals surface area contributed by atoms with Crippen LogP contribution in [0.25, 0.3) is 0 Å². The van der Waals surface area contributed by atoms with Crippen molar-refractivity contribution in [2.75, 3.05) is 0 Å². The highest BCUT2D eigenvalue weighted by atomic mass is 16.5. The Bertz CT molecular complexity index is 529. The average Bonchev–Trinajstić information content (AvgIpc) is 2.40. The van der Waals surface area contributed by atoms with E-state index in [1.54, 1.807) is 18.3 Å². The fourth-order valence-electron chi connectivity index (χ4n) is 1.16. The van der Waals surface area contributed by atoms with Crippen LogP contribution in [0, 0.1) is 0 Å². The molecule has 0 saturated carbocycles. The topological polar surface area (TPSA) is 107 Å². The minimum Gasteiger partial charge on any atom is -0.435 e. The second-order valence-electron chi connectivity index (χ2n) is 3.03. The molecular formula is C10H9N5O2. The van der Waals surface area contributed by atoms with Gasteiger partial charge in [0.2, 0.25) is 5.88 Å². The van der Waals surface area contributed by atoms with Gasteiger partial charge in [0.25, 0.3) is 0 Å². The SMILES string of the molecule is N/C(=N/O)c1ccnnc1Oc1cccnc1. The molecule has 0 saturated heterocycles. The van der Waals surface area contributed by atoms with Crippen LogP contribution in [0.5, 0.6) is 11.6 Å². The molecule has 3 N–H and O–H groups in total. The lowest BCUT2D eigenvalue weighted by atomic mass is 10.3. The highest BCUT2D eigenvalue weighted by Crippen LogP contribution is 2.20. The van der Waals surface area contributed by atoms with E-state index in [1.165, 1.54) is 18.5 Å². The molecule has 2 heterocycles. The van der Waals surface area contributed by atoms with E-state index in [-0.39, 0.29) is 11.7 Å². The number of ether oxygens (including phenoxy) is 1. The minimum absolute atomic E-state index is 0.0983. The quantitative estimate of drug-likeness (QED) is 0.349. The van der Waals surface area contributed by atoms with Crippen molar-refractivity contribution >= 4 is 5.84 Å². The number of hydrogen-bond acceptors (Lipinski definition) is 6. The van der Waals surface area contributed by atoms with Gasteiger partial charge < -0.3 is 15.7 Å². The molecule has 0 spiro atoms. The molecule has 0 unspecified atom stereocenters. The molecular weight excluding hydrogens is 222 g/mol. The van der Waals surface area contributed by atoms with Gasteiger partial charge in [0, 0.05) is 6.20 Å². The van der Waals surface area contributed by atoms with Gasteiger partial charge in [0.05, 0.1) is 18.0 Å². The third kappa shape index (κ3) is 2.46. The van der Waals surface area contributed by atoms with E-state index >= 15 is 0 Å². The number of oxime groups is 1. The number of pyridine rings is 1. The standard InChI is InChI=1S/C10H9N5O2/c11-9(15-16)8-3-5-13-14-10(8)17-7-2-1-4-12-6-7/h1-6,16H,(H2,11,15). The van der Waals surface area contributed by atoms with Gasteiger partial charge in [-0.1, -0.05) is 5.16 Å². The van der Waals surface area contributed by atoms with Gasteiger partial charge in [-0.2, -0.15) is 5.10 Å². The van der Waals surface area contributed by atoms with Gasteiger partial charge in [0.15, 0.2) is 5.84 Å². The van der Waals surface area contributed by atoms with E-state index in [0.29, 0.717) is 11.3 Å². The van der Waals surface area contributed by atoms with Crippen molar-refractivity contribution in [2.45, 2.75) is 0 Å². The fraction of sp³-hybridized carbons (Fsp3) is 0. The molecule has 0 atom stereocenters. The van der Waals surface area contributed by atoms with Crippen LogP contribution in [0.4, 0.5) is 0 Å². The van der Waals surface area contributed by atoms with Crippen LogP contribution in [-0.2, 0) is 0 Å². The molecule has 7 nitrogen and oxygen atoms in total. The van der Waals surface area contributed by atoms with Crippen LogP contribution in [0.1, 0.15) is 5.56 Å². The number of aromatic nitrogens is 3. The Balaban J connectivity index is 2.33. The second kappa shape index (κ2) is 4.88. The first-order chi connectivity index (χ1) is 8.31. The molecule has 2 rings (SSSR count). The number of hydrogen-bond donors (Lipinski definition) is 2. The molecule has 2 aromatic rings. The largest absolute Gasteiger partial charge is 0.435 e. The van der Waals surface area contributed by atoms with Crippen LogP contribution in [0.3, 0.4) is 0 Å².